The van der Waals surface area contributed by atoms with E-state index in [1.54, 1.807) is 7.11 Å². The number of fused-ring (bicyclic) bond motifs is 1. The second kappa shape index (κ2) is 6.20. The molecule has 1 atom stereocenters. The molecule has 2 aromatic rings. The van der Waals surface area contributed by atoms with E-state index in [0.717, 1.165) is 23.2 Å². The van der Waals surface area contributed by atoms with Gasteiger partial charge in [-0.25, -0.2) is 0 Å². The zero-order valence-electron chi connectivity index (χ0n) is 12.4. The van der Waals surface area contributed by atoms with Gasteiger partial charge in [0.15, 0.2) is 0 Å². The van der Waals surface area contributed by atoms with E-state index in [4.69, 9.17) is 4.74 Å². The van der Waals surface area contributed by atoms with E-state index < -0.39 is 0 Å². The highest BCUT2D eigenvalue weighted by molar-refractivity contribution is 9.10. The van der Waals surface area contributed by atoms with Crippen LogP contribution in [0.25, 0.3) is 0 Å². The number of rotatable bonds is 4. The summed E-state index contributed by atoms with van der Waals surface area (Å²) in [4.78, 5) is 0. The van der Waals surface area contributed by atoms with Gasteiger partial charge in [0, 0.05) is 35.4 Å². The molecule has 21 heavy (non-hydrogen) atoms. The standard InChI is InChI=1S/C16H20BrN3O/c1-20-16-5-3-4-15(13(16)10-19-20)18-9-11-8-12(21-2)6-7-14(11)17/h6-8,10,15,18H,3-5,9H2,1-2H3. The number of halogens is 1. The number of methoxy groups -OCH3 is 1. The molecule has 0 amide bonds. The van der Waals surface area contributed by atoms with E-state index in [2.05, 4.69) is 32.4 Å². The Morgan fingerprint density at radius 2 is 2.33 bits per heavy atom. The number of aryl methyl sites for hydroxylation is 1. The fourth-order valence-corrected chi connectivity index (χ4v) is 3.35. The van der Waals surface area contributed by atoms with E-state index in [1.165, 1.54) is 29.7 Å². The van der Waals surface area contributed by atoms with Crippen molar-refractivity contribution in [2.75, 3.05) is 7.11 Å². The third-order valence-electron chi connectivity index (χ3n) is 4.17. The maximum atomic E-state index is 5.30. The van der Waals surface area contributed by atoms with E-state index in [9.17, 15) is 0 Å². The van der Waals surface area contributed by atoms with Gasteiger partial charge in [0.1, 0.15) is 5.75 Å². The van der Waals surface area contributed by atoms with Crippen molar-refractivity contribution in [1.29, 1.82) is 0 Å². The van der Waals surface area contributed by atoms with Crippen molar-refractivity contribution in [1.82, 2.24) is 15.1 Å². The van der Waals surface area contributed by atoms with Gasteiger partial charge in [-0.1, -0.05) is 15.9 Å². The predicted molar refractivity (Wildman–Crippen MR) is 86.4 cm³/mol. The molecule has 0 aliphatic heterocycles. The summed E-state index contributed by atoms with van der Waals surface area (Å²) in [6.45, 7) is 0.816. The molecule has 1 aliphatic rings. The minimum absolute atomic E-state index is 0.389. The Bertz CT molecular complexity index is 638. The number of nitrogens with zero attached hydrogens (tertiary/aromatic N) is 2. The highest BCUT2D eigenvalue weighted by Gasteiger charge is 2.23. The Morgan fingerprint density at radius 1 is 1.48 bits per heavy atom. The lowest BCUT2D eigenvalue weighted by molar-refractivity contribution is 0.412. The van der Waals surface area contributed by atoms with Crippen LogP contribution in [0.2, 0.25) is 0 Å². The molecule has 1 aromatic heterocycles. The lowest BCUT2D eigenvalue weighted by atomic mass is 9.93. The van der Waals surface area contributed by atoms with Crippen LogP contribution >= 0.6 is 15.9 Å². The van der Waals surface area contributed by atoms with Crippen LogP contribution in [0.4, 0.5) is 0 Å². The van der Waals surface area contributed by atoms with E-state index in [0.29, 0.717) is 6.04 Å². The molecule has 0 saturated carbocycles. The van der Waals surface area contributed by atoms with Gasteiger partial charge in [0.2, 0.25) is 0 Å². The van der Waals surface area contributed by atoms with Crippen molar-refractivity contribution in [3.05, 3.63) is 45.7 Å². The van der Waals surface area contributed by atoms with Gasteiger partial charge >= 0.3 is 0 Å². The van der Waals surface area contributed by atoms with Crippen LogP contribution in [0.3, 0.4) is 0 Å². The topological polar surface area (TPSA) is 39.1 Å². The SMILES string of the molecule is COc1ccc(Br)c(CNC2CCCc3c2cnn3C)c1. The maximum Gasteiger partial charge on any atom is 0.119 e. The molecule has 0 bridgehead atoms. The molecular formula is C16H20BrN3O. The van der Waals surface area contributed by atoms with Gasteiger partial charge in [-0.3, -0.25) is 4.68 Å². The van der Waals surface area contributed by atoms with E-state index in [1.807, 2.05) is 30.1 Å². The van der Waals surface area contributed by atoms with Crippen molar-refractivity contribution in [2.45, 2.75) is 31.8 Å². The molecule has 1 aromatic carbocycles. The summed E-state index contributed by atoms with van der Waals surface area (Å²) in [5, 5.41) is 8.06. The molecule has 1 heterocycles. The van der Waals surface area contributed by atoms with Crippen LogP contribution in [-0.4, -0.2) is 16.9 Å². The fourth-order valence-electron chi connectivity index (χ4n) is 2.96. The highest BCUT2D eigenvalue weighted by atomic mass is 79.9. The van der Waals surface area contributed by atoms with Crippen LogP contribution in [0.1, 0.15) is 35.7 Å². The number of nitrogens with one attached hydrogen (secondary N) is 1. The summed E-state index contributed by atoms with van der Waals surface area (Å²) in [6.07, 6.45) is 5.52. The van der Waals surface area contributed by atoms with Gasteiger partial charge in [0.25, 0.3) is 0 Å². The molecule has 4 nitrogen and oxygen atoms in total. The van der Waals surface area contributed by atoms with Crippen LogP contribution in [0.5, 0.6) is 5.75 Å². The average Bonchev–Trinajstić information content (AvgIpc) is 2.89. The van der Waals surface area contributed by atoms with Gasteiger partial charge < -0.3 is 10.1 Å². The molecule has 1 aliphatic carbocycles. The molecule has 0 spiro atoms. The van der Waals surface area contributed by atoms with Gasteiger partial charge in [-0.2, -0.15) is 5.10 Å². The Morgan fingerprint density at radius 3 is 3.14 bits per heavy atom. The van der Waals surface area contributed by atoms with Crippen molar-refractivity contribution >= 4 is 15.9 Å². The molecule has 0 fully saturated rings. The van der Waals surface area contributed by atoms with Crippen molar-refractivity contribution in [3.8, 4) is 5.75 Å². The van der Waals surface area contributed by atoms with Crippen LogP contribution < -0.4 is 10.1 Å². The van der Waals surface area contributed by atoms with Crippen LogP contribution in [-0.2, 0) is 20.0 Å². The molecule has 5 heteroatoms. The minimum Gasteiger partial charge on any atom is -0.497 e. The Labute approximate surface area is 133 Å². The first-order chi connectivity index (χ1) is 10.2. The first-order valence-corrected chi connectivity index (χ1v) is 8.05. The summed E-state index contributed by atoms with van der Waals surface area (Å²) < 4.78 is 8.41. The second-order valence-electron chi connectivity index (χ2n) is 5.45. The van der Waals surface area contributed by atoms with Crippen LogP contribution in [0.15, 0.2) is 28.9 Å². The first-order valence-electron chi connectivity index (χ1n) is 7.25. The van der Waals surface area contributed by atoms with Gasteiger partial charge in [-0.15, -0.1) is 0 Å². The summed E-state index contributed by atoms with van der Waals surface area (Å²) in [7, 11) is 3.73. The Balaban J connectivity index is 1.74. The summed E-state index contributed by atoms with van der Waals surface area (Å²) in [5.41, 5.74) is 3.93. The molecule has 1 N–H and O–H groups in total. The molecule has 0 radical (unpaired) electrons. The number of ether oxygens (including phenoxy) is 1. The smallest absolute Gasteiger partial charge is 0.119 e. The summed E-state index contributed by atoms with van der Waals surface area (Å²) in [5.74, 6) is 0.890. The quantitative estimate of drug-likeness (QED) is 0.919. The van der Waals surface area contributed by atoms with Crippen molar-refractivity contribution in [3.63, 3.8) is 0 Å². The molecule has 0 saturated heterocycles. The molecule has 112 valence electrons. The summed E-state index contributed by atoms with van der Waals surface area (Å²) >= 11 is 3.61. The lowest BCUT2D eigenvalue weighted by Gasteiger charge is -2.24. The predicted octanol–water partition coefficient (Wildman–Crippen LogP) is 3.36. The van der Waals surface area contributed by atoms with Crippen LogP contribution in [0, 0.1) is 0 Å². The zero-order valence-corrected chi connectivity index (χ0v) is 14.0. The molecular weight excluding hydrogens is 330 g/mol. The van der Waals surface area contributed by atoms with Crippen molar-refractivity contribution < 1.29 is 4.74 Å². The van der Waals surface area contributed by atoms with E-state index >= 15 is 0 Å². The number of hydrogen-bond acceptors (Lipinski definition) is 3. The Hall–Kier alpha value is -1.33. The third-order valence-corrected chi connectivity index (χ3v) is 4.94. The summed E-state index contributed by atoms with van der Waals surface area (Å²) in [6, 6.07) is 6.46. The average molecular weight is 350 g/mol. The normalized spacial score (nSPS) is 17.6. The Kier molecular flexibility index (Phi) is 4.31. The lowest BCUT2D eigenvalue weighted by Crippen LogP contribution is -2.25. The third kappa shape index (κ3) is 2.99. The zero-order chi connectivity index (χ0) is 14.8. The molecule has 1 unspecified atom stereocenters. The number of benzene rings is 1. The van der Waals surface area contributed by atoms with Crippen molar-refractivity contribution in [2.24, 2.45) is 7.05 Å². The monoisotopic (exact) mass is 349 g/mol. The number of hydrogen-bond donors (Lipinski definition) is 1. The molecule has 3 rings (SSSR count). The fraction of sp³-hybridized carbons (Fsp3) is 0.438. The highest BCUT2D eigenvalue weighted by Crippen LogP contribution is 2.30. The minimum atomic E-state index is 0.389. The largest absolute Gasteiger partial charge is 0.497 e. The van der Waals surface area contributed by atoms with Gasteiger partial charge in [0.05, 0.1) is 13.3 Å². The van der Waals surface area contributed by atoms with Gasteiger partial charge in [-0.05, 0) is 43.0 Å². The number of aromatic nitrogens is 2. The van der Waals surface area contributed by atoms with E-state index in [-0.39, 0.29) is 0 Å². The first kappa shape index (κ1) is 14.6. The maximum absolute atomic E-state index is 5.30. The second-order valence-corrected chi connectivity index (χ2v) is 6.31.